The number of nitrogens with two attached hydrogens (primary N) is 1. The zero-order valence-corrected chi connectivity index (χ0v) is 9.35. The number of carboxylic acid groups (broad SMARTS) is 1. The molecule has 0 aromatic heterocycles. The predicted octanol–water partition coefficient (Wildman–Crippen LogP) is 0.163. The van der Waals surface area contributed by atoms with E-state index in [9.17, 15) is 30.1 Å². The molecule has 0 fully saturated rings. The third-order valence-electron chi connectivity index (χ3n) is 2.32. The van der Waals surface area contributed by atoms with Crippen LogP contribution in [-0.4, -0.2) is 32.1 Å². The largest absolute Gasteiger partial charge is 0.502 e. The van der Waals surface area contributed by atoms with Crippen LogP contribution >= 0.6 is 0 Å². The lowest BCUT2D eigenvalue weighted by Crippen LogP contribution is -2.32. The average Bonchev–Trinajstić information content (AvgIpc) is 2.30. The van der Waals surface area contributed by atoms with E-state index in [0.29, 0.717) is 6.07 Å². The maximum Gasteiger partial charge on any atom is 0.320 e. The van der Waals surface area contributed by atoms with Gasteiger partial charge < -0.3 is 15.9 Å². The Labute approximate surface area is 105 Å². The molecule has 0 aliphatic heterocycles. The molecule has 0 aliphatic carbocycles. The van der Waals surface area contributed by atoms with Crippen molar-refractivity contribution in [3.8, 4) is 5.75 Å². The number of aromatic hydroxyl groups is 1. The smallest absolute Gasteiger partial charge is 0.320 e. The summed E-state index contributed by atoms with van der Waals surface area (Å²) in [6.07, 6.45) is -0.469. The van der Waals surface area contributed by atoms with Crippen molar-refractivity contribution in [2.45, 2.75) is 12.5 Å². The predicted molar refractivity (Wildman–Crippen MR) is 60.7 cm³/mol. The molecule has 0 amide bonds. The number of phenols is 1. The zero-order valence-electron chi connectivity index (χ0n) is 9.35. The summed E-state index contributed by atoms with van der Waals surface area (Å²) in [5.41, 5.74) is 3.45. The second-order valence-electron chi connectivity index (χ2n) is 3.64. The normalized spacial score (nSPS) is 11.8. The maximum atomic E-state index is 10.6. The molecule has 10 heteroatoms. The summed E-state index contributed by atoms with van der Waals surface area (Å²) in [6, 6.07) is 0.00324. The number of carbonyl (C=O) groups is 1. The van der Waals surface area contributed by atoms with E-state index in [0.717, 1.165) is 6.07 Å². The molecule has 10 nitrogen and oxygen atoms in total. The molecule has 1 aromatic carbocycles. The Bertz CT molecular complexity index is 557. The van der Waals surface area contributed by atoms with Crippen LogP contribution in [0, 0.1) is 20.2 Å². The van der Waals surface area contributed by atoms with Crippen LogP contribution in [0.3, 0.4) is 0 Å². The van der Waals surface area contributed by atoms with Crippen molar-refractivity contribution in [2.24, 2.45) is 5.73 Å². The number of hydrogen-bond donors (Lipinski definition) is 3. The minimum Gasteiger partial charge on any atom is -0.502 e. The average molecular weight is 271 g/mol. The number of aliphatic carboxylic acids is 1. The molecule has 1 aromatic rings. The summed E-state index contributed by atoms with van der Waals surface area (Å²) in [5, 5.41) is 39.5. The van der Waals surface area contributed by atoms with Gasteiger partial charge in [0.15, 0.2) is 5.75 Å². The first-order chi connectivity index (χ1) is 8.73. The van der Waals surface area contributed by atoms with Gasteiger partial charge in [-0.05, 0) is 0 Å². The van der Waals surface area contributed by atoms with E-state index in [4.69, 9.17) is 10.8 Å². The summed E-state index contributed by atoms with van der Waals surface area (Å²) in [5.74, 6) is -2.22. The topological polar surface area (TPSA) is 170 Å². The number of rotatable bonds is 5. The van der Waals surface area contributed by atoms with Gasteiger partial charge in [0, 0.05) is 18.1 Å². The number of nitro benzene ring substituents is 2. The van der Waals surface area contributed by atoms with E-state index in [1.807, 2.05) is 0 Å². The van der Waals surface area contributed by atoms with Crippen LogP contribution in [0.5, 0.6) is 5.75 Å². The second-order valence-corrected chi connectivity index (χ2v) is 3.64. The summed E-state index contributed by atoms with van der Waals surface area (Å²) in [7, 11) is 0. The molecule has 0 saturated heterocycles. The molecule has 1 rings (SSSR count). The summed E-state index contributed by atoms with van der Waals surface area (Å²) < 4.78 is 0. The molecule has 0 radical (unpaired) electrons. The standard InChI is InChI=1S/C9H9N3O7/c10-6(9(14)15)2-4-1-5(11(16)17)3-7(8(4)13)12(18)19/h1,3,6,13H,2,10H2,(H,14,15)/t6-/m1/s1. The van der Waals surface area contributed by atoms with Crippen LogP contribution in [0.25, 0.3) is 0 Å². The van der Waals surface area contributed by atoms with Gasteiger partial charge in [0.1, 0.15) is 6.04 Å². The number of nitro groups is 2. The molecule has 19 heavy (non-hydrogen) atoms. The van der Waals surface area contributed by atoms with E-state index >= 15 is 0 Å². The van der Waals surface area contributed by atoms with Crippen LogP contribution < -0.4 is 5.73 Å². The molecular weight excluding hydrogens is 262 g/mol. The van der Waals surface area contributed by atoms with Crippen molar-refractivity contribution in [3.63, 3.8) is 0 Å². The van der Waals surface area contributed by atoms with E-state index in [2.05, 4.69) is 0 Å². The first-order valence-corrected chi connectivity index (χ1v) is 4.87. The van der Waals surface area contributed by atoms with Gasteiger partial charge in [-0.3, -0.25) is 25.0 Å². The molecule has 0 spiro atoms. The number of non-ortho nitro benzene ring substituents is 1. The van der Waals surface area contributed by atoms with Crippen molar-refractivity contribution in [1.82, 2.24) is 0 Å². The first-order valence-electron chi connectivity index (χ1n) is 4.87. The Balaban J connectivity index is 3.33. The van der Waals surface area contributed by atoms with Crippen LogP contribution in [0.1, 0.15) is 5.56 Å². The fourth-order valence-electron chi connectivity index (χ4n) is 1.39. The highest BCUT2D eigenvalue weighted by molar-refractivity contribution is 5.74. The molecule has 1 atom stereocenters. The highest BCUT2D eigenvalue weighted by atomic mass is 16.6. The minimum atomic E-state index is -1.44. The SMILES string of the molecule is N[C@H](Cc1cc([N+](=O)[O-])cc([N+](=O)[O-])c1O)C(=O)O. The highest BCUT2D eigenvalue weighted by Gasteiger charge is 2.25. The second kappa shape index (κ2) is 5.27. The molecule has 0 heterocycles. The fraction of sp³-hybridized carbons (Fsp3) is 0.222. The number of carboxylic acids is 1. The first kappa shape index (κ1) is 14.3. The number of hydrogen-bond acceptors (Lipinski definition) is 7. The third-order valence-corrected chi connectivity index (χ3v) is 2.32. The van der Waals surface area contributed by atoms with Gasteiger partial charge in [0.2, 0.25) is 0 Å². The Morgan fingerprint density at radius 3 is 2.32 bits per heavy atom. The molecular formula is C9H9N3O7. The van der Waals surface area contributed by atoms with Crippen molar-refractivity contribution < 1.29 is 24.9 Å². The summed E-state index contributed by atoms with van der Waals surface area (Å²) in [4.78, 5) is 29.9. The molecule has 4 N–H and O–H groups in total. The van der Waals surface area contributed by atoms with E-state index in [1.54, 1.807) is 0 Å². The number of phenolic OH excluding ortho intramolecular Hbond substituents is 1. The number of nitrogens with zero attached hydrogens (tertiary/aromatic N) is 2. The summed E-state index contributed by atoms with van der Waals surface area (Å²) in [6.45, 7) is 0. The van der Waals surface area contributed by atoms with Gasteiger partial charge in [-0.1, -0.05) is 0 Å². The van der Waals surface area contributed by atoms with Gasteiger partial charge >= 0.3 is 11.7 Å². The summed E-state index contributed by atoms with van der Waals surface area (Å²) >= 11 is 0. The van der Waals surface area contributed by atoms with Gasteiger partial charge in [0.05, 0.1) is 15.9 Å². The molecule has 102 valence electrons. The van der Waals surface area contributed by atoms with Crippen LogP contribution in [-0.2, 0) is 11.2 Å². The molecule has 0 unspecified atom stereocenters. The molecule has 0 bridgehead atoms. The van der Waals surface area contributed by atoms with E-state index < -0.39 is 45.4 Å². The van der Waals surface area contributed by atoms with Gasteiger partial charge in [-0.2, -0.15) is 0 Å². The Hall–Kier alpha value is -2.75. The van der Waals surface area contributed by atoms with Gasteiger partial charge in [-0.25, -0.2) is 0 Å². The van der Waals surface area contributed by atoms with Crippen molar-refractivity contribution in [1.29, 1.82) is 0 Å². The fourth-order valence-corrected chi connectivity index (χ4v) is 1.39. The van der Waals surface area contributed by atoms with Crippen LogP contribution in [0.4, 0.5) is 11.4 Å². The van der Waals surface area contributed by atoms with Crippen molar-refractivity contribution in [3.05, 3.63) is 37.9 Å². The molecule has 0 aliphatic rings. The monoisotopic (exact) mass is 271 g/mol. The van der Waals surface area contributed by atoms with Crippen molar-refractivity contribution >= 4 is 17.3 Å². The van der Waals surface area contributed by atoms with E-state index in [-0.39, 0.29) is 5.56 Å². The molecule has 0 saturated carbocycles. The lowest BCUT2D eigenvalue weighted by atomic mass is 10.0. The minimum absolute atomic E-state index is 0.268. The number of benzene rings is 1. The lowest BCUT2D eigenvalue weighted by Gasteiger charge is -2.08. The Morgan fingerprint density at radius 2 is 1.89 bits per heavy atom. The highest BCUT2D eigenvalue weighted by Crippen LogP contribution is 2.34. The van der Waals surface area contributed by atoms with E-state index in [1.165, 1.54) is 0 Å². The quantitative estimate of drug-likeness (QED) is 0.502. The van der Waals surface area contributed by atoms with Gasteiger partial charge in [0.25, 0.3) is 5.69 Å². The Morgan fingerprint density at radius 1 is 1.32 bits per heavy atom. The Kier molecular flexibility index (Phi) is 3.97. The zero-order chi connectivity index (χ0) is 14.7. The van der Waals surface area contributed by atoms with Crippen LogP contribution in [0.2, 0.25) is 0 Å². The van der Waals surface area contributed by atoms with Crippen LogP contribution in [0.15, 0.2) is 12.1 Å². The maximum absolute atomic E-state index is 10.6. The third kappa shape index (κ3) is 3.13. The lowest BCUT2D eigenvalue weighted by molar-refractivity contribution is -0.394. The van der Waals surface area contributed by atoms with Crippen molar-refractivity contribution in [2.75, 3.05) is 0 Å². The van der Waals surface area contributed by atoms with Gasteiger partial charge in [-0.15, -0.1) is 0 Å².